The highest BCUT2D eigenvalue weighted by Gasteiger charge is 2.30. The number of rotatable bonds is 10. The van der Waals surface area contributed by atoms with E-state index in [-0.39, 0.29) is 12.7 Å². The zero-order valence-electron chi connectivity index (χ0n) is 17.9. The first kappa shape index (κ1) is 22.9. The van der Waals surface area contributed by atoms with Crippen molar-refractivity contribution in [2.24, 2.45) is 0 Å². The van der Waals surface area contributed by atoms with Crippen LogP contribution in [0, 0.1) is 6.92 Å². The van der Waals surface area contributed by atoms with Crippen LogP contribution in [0.3, 0.4) is 0 Å². The molecule has 0 radical (unpaired) electrons. The summed E-state index contributed by atoms with van der Waals surface area (Å²) >= 11 is 0. The molecule has 0 spiro atoms. The van der Waals surface area contributed by atoms with E-state index in [0.29, 0.717) is 12.8 Å². The molecule has 2 rings (SSSR count). The van der Waals surface area contributed by atoms with Gasteiger partial charge in [0.25, 0.3) is 0 Å². The fourth-order valence-corrected chi connectivity index (χ4v) is 3.55. The Kier molecular flexibility index (Phi) is 9.45. The van der Waals surface area contributed by atoms with Gasteiger partial charge in [-0.15, -0.1) is 0 Å². The largest absolute Gasteiger partial charge is 0.464 e. The maximum Gasteiger partial charge on any atom is 0.202 e. The van der Waals surface area contributed by atoms with Gasteiger partial charge in [-0.2, -0.15) is 0 Å². The average Bonchev–Trinajstić information content (AvgIpc) is 2.68. The molecule has 28 heavy (non-hydrogen) atoms. The molecule has 2 N–H and O–H groups in total. The topological polar surface area (TPSA) is 62.2 Å². The molecule has 5 nitrogen and oxygen atoms in total. The summed E-state index contributed by atoms with van der Waals surface area (Å²) in [6, 6.07) is 6.08. The molecule has 1 aliphatic heterocycles. The molecule has 0 aromatic heterocycles. The number of aryl methyl sites for hydroxylation is 1. The van der Waals surface area contributed by atoms with E-state index in [1.807, 2.05) is 12.1 Å². The lowest BCUT2D eigenvalue weighted by molar-refractivity contribution is -0.184. The van der Waals surface area contributed by atoms with Gasteiger partial charge in [0.05, 0.1) is 18.8 Å². The zero-order valence-corrected chi connectivity index (χ0v) is 17.9. The van der Waals surface area contributed by atoms with Crippen molar-refractivity contribution >= 4 is 5.57 Å². The second kappa shape index (κ2) is 11.6. The standard InChI is InChI=1S/C23H37NO4/c1-5-7-10-18(12-13-24(4)6-2)23-17(3)9-8-11-21(23)28-22-15-19(26)14-20(16-25)27-22/h8-11,19-20,22,25-26H,5-7,12-16H2,1-4H3/b18-10-. The van der Waals surface area contributed by atoms with E-state index in [4.69, 9.17) is 9.47 Å². The molecule has 0 amide bonds. The maximum atomic E-state index is 10.1. The molecule has 1 fully saturated rings. The van der Waals surface area contributed by atoms with E-state index < -0.39 is 12.4 Å². The van der Waals surface area contributed by atoms with Crippen LogP contribution in [0.15, 0.2) is 24.3 Å². The normalized spacial score (nSPS) is 23.2. The van der Waals surface area contributed by atoms with Crippen molar-refractivity contribution in [3.8, 4) is 5.75 Å². The molecule has 1 aliphatic rings. The van der Waals surface area contributed by atoms with E-state index in [1.54, 1.807) is 0 Å². The number of nitrogens with zero attached hydrogens (tertiary/aromatic N) is 1. The lowest BCUT2D eigenvalue weighted by Crippen LogP contribution is -2.40. The third kappa shape index (κ3) is 6.59. The number of aliphatic hydroxyl groups is 2. The van der Waals surface area contributed by atoms with Gasteiger partial charge in [0.2, 0.25) is 6.29 Å². The number of allylic oxidation sites excluding steroid dienone is 1. The number of benzene rings is 1. The van der Waals surface area contributed by atoms with Crippen LogP contribution in [0.1, 0.15) is 57.1 Å². The first-order valence-electron chi connectivity index (χ1n) is 10.6. The Labute approximate surface area is 170 Å². The third-order valence-corrected chi connectivity index (χ3v) is 5.34. The number of unbranched alkanes of at least 4 members (excludes halogenated alkanes) is 1. The molecule has 0 aliphatic carbocycles. The van der Waals surface area contributed by atoms with E-state index in [0.717, 1.165) is 43.7 Å². The Morgan fingerprint density at radius 3 is 2.79 bits per heavy atom. The molecule has 1 heterocycles. The molecule has 158 valence electrons. The lowest BCUT2D eigenvalue weighted by atomic mass is 9.95. The Morgan fingerprint density at radius 1 is 1.32 bits per heavy atom. The Morgan fingerprint density at radius 2 is 2.11 bits per heavy atom. The van der Waals surface area contributed by atoms with Gasteiger partial charge < -0.3 is 24.6 Å². The van der Waals surface area contributed by atoms with E-state index in [9.17, 15) is 10.2 Å². The lowest BCUT2D eigenvalue weighted by Gasteiger charge is -2.33. The van der Waals surface area contributed by atoms with Crippen molar-refractivity contribution in [3.05, 3.63) is 35.4 Å². The minimum absolute atomic E-state index is 0.109. The average molecular weight is 392 g/mol. The minimum Gasteiger partial charge on any atom is -0.464 e. The summed E-state index contributed by atoms with van der Waals surface area (Å²) in [7, 11) is 2.14. The summed E-state index contributed by atoms with van der Waals surface area (Å²) in [6.45, 7) is 8.37. The van der Waals surface area contributed by atoms with Gasteiger partial charge in [0.1, 0.15) is 5.75 Å². The Bertz CT molecular complexity index is 631. The van der Waals surface area contributed by atoms with Crippen molar-refractivity contribution in [1.82, 2.24) is 4.90 Å². The van der Waals surface area contributed by atoms with Crippen LogP contribution < -0.4 is 4.74 Å². The van der Waals surface area contributed by atoms with E-state index >= 15 is 0 Å². The van der Waals surface area contributed by atoms with Gasteiger partial charge in [-0.05, 0) is 50.6 Å². The van der Waals surface area contributed by atoms with Gasteiger partial charge in [0, 0.05) is 24.9 Å². The fourth-order valence-electron chi connectivity index (χ4n) is 3.55. The highest BCUT2D eigenvalue weighted by atomic mass is 16.7. The van der Waals surface area contributed by atoms with Crippen LogP contribution in [0.5, 0.6) is 5.75 Å². The molecule has 1 aromatic carbocycles. The zero-order chi connectivity index (χ0) is 20.5. The molecular formula is C23H37NO4. The molecule has 5 heteroatoms. The summed E-state index contributed by atoms with van der Waals surface area (Å²) in [6.07, 6.45) is 4.83. The van der Waals surface area contributed by atoms with E-state index in [2.05, 4.69) is 44.9 Å². The molecule has 0 bridgehead atoms. The first-order valence-corrected chi connectivity index (χ1v) is 10.6. The van der Waals surface area contributed by atoms with Crippen molar-refractivity contribution in [3.63, 3.8) is 0 Å². The van der Waals surface area contributed by atoms with E-state index in [1.165, 1.54) is 11.1 Å². The number of aliphatic hydroxyl groups excluding tert-OH is 2. The quantitative estimate of drug-likeness (QED) is 0.636. The predicted molar refractivity (Wildman–Crippen MR) is 113 cm³/mol. The van der Waals surface area contributed by atoms with Gasteiger partial charge >= 0.3 is 0 Å². The Balaban J connectivity index is 2.26. The van der Waals surface area contributed by atoms with Gasteiger partial charge in [0.15, 0.2) is 0 Å². The van der Waals surface area contributed by atoms with Gasteiger partial charge in [-0.3, -0.25) is 0 Å². The van der Waals surface area contributed by atoms with Gasteiger partial charge in [-0.25, -0.2) is 0 Å². The molecular weight excluding hydrogens is 354 g/mol. The smallest absolute Gasteiger partial charge is 0.202 e. The predicted octanol–water partition coefficient (Wildman–Crippen LogP) is 3.76. The SMILES string of the molecule is CCC/C=C(/CCN(C)CC)c1c(C)cccc1OC1CC(O)CC(CO)O1. The second-order valence-corrected chi connectivity index (χ2v) is 7.73. The summed E-state index contributed by atoms with van der Waals surface area (Å²) in [5, 5.41) is 19.5. The molecule has 3 atom stereocenters. The summed E-state index contributed by atoms with van der Waals surface area (Å²) in [4.78, 5) is 2.31. The van der Waals surface area contributed by atoms with Crippen LogP contribution in [-0.2, 0) is 4.74 Å². The first-order chi connectivity index (χ1) is 13.5. The number of ether oxygens (including phenoxy) is 2. The highest BCUT2D eigenvalue weighted by Crippen LogP contribution is 2.34. The van der Waals surface area contributed by atoms with Crippen LogP contribution in [-0.4, -0.2) is 60.4 Å². The van der Waals surface area contributed by atoms with Crippen LogP contribution >= 0.6 is 0 Å². The summed E-state index contributed by atoms with van der Waals surface area (Å²) in [5.41, 5.74) is 3.60. The molecule has 3 unspecified atom stereocenters. The monoisotopic (exact) mass is 391 g/mol. The Hall–Kier alpha value is -1.40. The van der Waals surface area contributed by atoms with Crippen LogP contribution in [0.4, 0.5) is 0 Å². The molecule has 1 saturated heterocycles. The van der Waals surface area contributed by atoms with Crippen molar-refractivity contribution in [1.29, 1.82) is 0 Å². The summed E-state index contributed by atoms with van der Waals surface area (Å²) < 4.78 is 12.0. The summed E-state index contributed by atoms with van der Waals surface area (Å²) in [5.74, 6) is 0.789. The number of hydrogen-bond acceptors (Lipinski definition) is 5. The van der Waals surface area contributed by atoms with Crippen molar-refractivity contribution < 1.29 is 19.7 Å². The van der Waals surface area contributed by atoms with Crippen molar-refractivity contribution in [2.45, 2.75) is 71.4 Å². The minimum atomic E-state index is -0.549. The van der Waals surface area contributed by atoms with Crippen LogP contribution in [0.25, 0.3) is 5.57 Å². The third-order valence-electron chi connectivity index (χ3n) is 5.34. The highest BCUT2D eigenvalue weighted by molar-refractivity contribution is 5.73. The number of hydrogen-bond donors (Lipinski definition) is 2. The molecule has 0 saturated carbocycles. The second-order valence-electron chi connectivity index (χ2n) is 7.73. The van der Waals surface area contributed by atoms with Crippen molar-refractivity contribution in [2.75, 3.05) is 26.7 Å². The van der Waals surface area contributed by atoms with Crippen LogP contribution in [0.2, 0.25) is 0 Å². The maximum absolute atomic E-state index is 10.1. The fraction of sp³-hybridized carbons (Fsp3) is 0.652. The molecule has 1 aromatic rings. The van der Waals surface area contributed by atoms with Gasteiger partial charge in [-0.1, -0.05) is 38.5 Å².